The number of hydrogen-bond donors (Lipinski definition) is 2. The average Bonchev–Trinajstić information content (AvgIpc) is 2.89. The number of rotatable bonds is 5. The fourth-order valence-corrected chi connectivity index (χ4v) is 4.48. The molecule has 1 saturated heterocycles. The predicted octanol–water partition coefficient (Wildman–Crippen LogP) is 4.75. The van der Waals surface area contributed by atoms with Gasteiger partial charge in [-0.15, -0.1) is 0 Å². The lowest BCUT2D eigenvalue weighted by molar-refractivity contribution is 0.0746. The van der Waals surface area contributed by atoms with Crippen LogP contribution in [-0.2, 0) is 0 Å². The Morgan fingerprint density at radius 3 is 2.31 bits per heavy atom. The number of anilines is 2. The maximum absolute atomic E-state index is 12.9. The van der Waals surface area contributed by atoms with Crippen LogP contribution in [0.1, 0.15) is 26.3 Å². The van der Waals surface area contributed by atoms with Crippen molar-refractivity contribution in [3.05, 3.63) is 88.4 Å². The van der Waals surface area contributed by atoms with Gasteiger partial charge in [0.15, 0.2) is 5.11 Å². The number of piperazine rings is 1. The second-order valence-electron chi connectivity index (χ2n) is 8.39. The Balaban J connectivity index is 1.31. The van der Waals surface area contributed by atoms with Gasteiger partial charge in [0.1, 0.15) is 5.75 Å². The number of carbonyl (C=O) groups excluding carboxylic acids is 2. The average molecular weight is 523 g/mol. The zero-order chi connectivity index (χ0) is 25.7. The Bertz CT molecular complexity index is 1270. The summed E-state index contributed by atoms with van der Waals surface area (Å²) in [5, 5.41) is 6.27. The van der Waals surface area contributed by atoms with Crippen LogP contribution < -0.4 is 20.3 Å². The molecule has 1 aliphatic heterocycles. The van der Waals surface area contributed by atoms with Crippen LogP contribution in [0.2, 0.25) is 5.02 Å². The van der Waals surface area contributed by atoms with E-state index in [9.17, 15) is 9.59 Å². The van der Waals surface area contributed by atoms with Gasteiger partial charge in [0.2, 0.25) is 0 Å². The van der Waals surface area contributed by atoms with Gasteiger partial charge in [-0.05, 0) is 73.2 Å². The predicted molar refractivity (Wildman–Crippen MR) is 147 cm³/mol. The van der Waals surface area contributed by atoms with Gasteiger partial charge in [0.05, 0.1) is 12.7 Å². The van der Waals surface area contributed by atoms with Crippen LogP contribution in [0.3, 0.4) is 0 Å². The molecule has 0 unspecified atom stereocenters. The van der Waals surface area contributed by atoms with Crippen molar-refractivity contribution in [3.8, 4) is 5.75 Å². The standard InChI is InChI=1S/C27H27ClN4O3S/c1-18-5-3-4-6-22(18)26(34)32-15-13-31(14-16-32)21-10-8-20(9-11-21)29-27(36)30-25(33)23-17-19(28)7-12-24(23)35-2/h3-12,17H,13-16H2,1-2H3,(H2,29,30,33,36). The monoisotopic (exact) mass is 522 g/mol. The molecule has 1 heterocycles. The lowest BCUT2D eigenvalue weighted by Gasteiger charge is -2.36. The summed E-state index contributed by atoms with van der Waals surface area (Å²) in [4.78, 5) is 29.6. The van der Waals surface area contributed by atoms with E-state index in [2.05, 4.69) is 15.5 Å². The molecule has 0 saturated carbocycles. The summed E-state index contributed by atoms with van der Waals surface area (Å²) < 4.78 is 5.23. The Morgan fingerprint density at radius 1 is 0.944 bits per heavy atom. The molecule has 3 aromatic carbocycles. The minimum atomic E-state index is -0.415. The molecule has 2 amide bonds. The minimum absolute atomic E-state index is 0.0817. The van der Waals surface area contributed by atoms with Gasteiger partial charge in [-0.2, -0.15) is 0 Å². The molecule has 0 radical (unpaired) electrons. The molecule has 0 spiro atoms. The van der Waals surface area contributed by atoms with E-state index >= 15 is 0 Å². The Labute approximate surface area is 221 Å². The first-order chi connectivity index (χ1) is 17.4. The van der Waals surface area contributed by atoms with E-state index in [4.69, 9.17) is 28.6 Å². The number of benzene rings is 3. The third-order valence-corrected chi connectivity index (χ3v) is 6.51. The maximum Gasteiger partial charge on any atom is 0.261 e. The first kappa shape index (κ1) is 25.5. The summed E-state index contributed by atoms with van der Waals surface area (Å²) in [7, 11) is 1.49. The third-order valence-electron chi connectivity index (χ3n) is 6.07. The minimum Gasteiger partial charge on any atom is -0.496 e. The highest BCUT2D eigenvalue weighted by atomic mass is 35.5. The zero-order valence-corrected chi connectivity index (χ0v) is 21.7. The molecule has 36 heavy (non-hydrogen) atoms. The van der Waals surface area contributed by atoms with E-state index in [1.807, 2.05) is 60.4 Å². The highest BCUT2D eigenvalue weighted by Crippen LogP contribution is 2.23. The first-order valence-corrected chi connectivity index (χ1v) is 12.3. The van der Waals surface area contributed by atoms with Gasteiger partial charge in [0, 0.05) is 48.1 Å². The lowest BCUT2D eigenvalue weighted by atomic mass is 10.1. The van der Waals surface area contributed by atoms with E-state index in [1.54, 1.807) is 12.1 Å². The summed E-state index contributed by atoms with van der Waals surface area (Å²) in [6, 6.07) is 20.3. The highest BCUT2D eigenvalue weighted by Gasteiger charge is 2.23. The zero-order valence-electron chi connectivity index (χ0n) is 20.1. The fourth-order valence-electron chi connectivity index (χ4n) is 4.10. The third kappa shape index (κ3) is 5.95. The smallest absolute Gasteiger partial charge is 0.261 e. The molecule has 9 heteroatoms. The summed E-state index contributed by atoms with van der Waals surface area (Å²) >= 11 is 11.3. The largest absolute Gasteiger partial charge is 0.496 e. The van der Waals surface area contributed by atoms with Gasteiger partial charge in [0.25, 0.3) is 11.8 Å². The van der Waals surface area contributed by atoms with Gasteiger partial charge in [-0.1, -0.05) is 29.8 Å². The second-order valence-corrected chi connectivity index (χ2v) is 9.24. The van der Waals surface area contributed by atoms with Crippen LogP contribution in [0, 0.1) is 6.92 Å². The van der Waals surface area contributed by atoms with E-state index in [0.29, 0.717) is 29.4 Å². The van der Waals surface area contributed by atoms with Crippen molar-refractivity contribution in [2.45, 2.75) is 6.92 Å². The van der Waals surface area contributed by atoms with E-state index in [1.165, 1.54) is 13.2 Å². The topological polar surface area (TPSA) is 73.9 Å². The number of halogens is 1. The quantitative estimate of drug-likeness (QED) is 0.471. The molecule has 1 fully saturated rings. The second kappa shape index (κ2) is 11.4. The van der Waals surface area contributed by atoms with Gasteiger partial charge in [-0.3, -0.25) is 14.9 Å². The molecule has 3 aromatic rings. The van der Waals surface area contributed by atoms with Crippen LogP contribution in [0.15, 0.2) is 66.7 Å². The molecule has 0 aromatic heterocycles. The number of hydrogen-bond acceptors (Lipinski definition) is 5. The Morgan fingerprint density at radius 2 is 1.64 bits per heavy atom. The molecule has 2 N–H and O–H groups in total. The van der Waals surface area contributed by atoms with E-state index < -0.39 is 5.91 Å². The van der Waals surface area contributed by atoms with Crippen molar-refractivity contribution in [2.75, 3.05) is 43.5 Å². The number of carbonyl (C=O) groups is 2. The molecule has 0 bridgehead atoms. The highest BCUT2D eigenvalue weighted by molar-refractivity contribution is 7.80. The number of nitrogens with one attached hydrogen (secondary N) is 2. The lowest BCUT2D eigenvalue weighted by Crippen LogP contribution is -2.48. The number of ether oxygens (including phenoxy) is 1. The number of aryl methyl sites for hydroxylation is 1. The number of amides is 2. The fraction of sp³-hybridized carbons (Fsp3) is 0.222. The normalized spacial score (nSPS) is 13.2. The molecule has 186 valence electrons. The van der Waals surface area contributed by atoms with Crippen molar-refractivity contribution >= 4 is 52.1 Å². The van der Waals surface area contributed by atoms with E-state index in [0.717, 1.165) is 35.6 Å². The van der Waals surface area contributed by atoms with Gasteiger partial charge < -0.3 is 19.9 Å². The summed E-state index contributed by atoms with van der Waals surface area (Å²) in [5.74, 6) is 0.0737. The van der Waals surface area contributed by atoms with E-state index in [-0.39, 0.29) is 11.0 Å². The number of methoxy groups -OCH3 is 1. The molecule has 7 nitrogen and oxygen atoms in total. The SMILES string of the molecule is COc1ccc(Cl)cc1C(=O)NC(=S)Nc1ccc(N2CCN(C(=O)c3ccccc3C)CC2)cc1. The maximum atomic E-state index is 12.9. The summed E-state index contributed by atoms with van der Waals surface area (Å²) in [6.45, 7) is 4.79. The molecular weight excluding hydrogens is 496 g/mol. The van der Waals surface area contributed by atoms with Crippen molar-refractivity contribution in [2.24, 2.45) is 0 Å². The van der Waals surface area contributed by atoms with Crippen LogP contribution in [0.25, 0.3) is 0 Å². The molecule has 0 atom stereocenters. The van der Waals surface area contributed by atoms with Crippen molar-refractivity contribution in [1.29, 1.82) is 0 Å². The van der Waals surface area contributed by atoms with Crippen molar-refractivity contribution in [3.63, 3.8) is 0 Å². The molecule has 1 aliphatic rings. The number of thiocarbonyl (C=S) groups is 1. The Kier molecular flexibility index (Phi) is 8.07. The molecule has 4 rings (SSSR count). The first-order valence-electron chi connectivity index (χ1n) is 11.5. The summed E-state index contributed by atoms with van der Waals surface area (Å²) in [5.41, 5.74) is 3.86. The molecule has 0 aliphatic carbocycles. The van der Waals surface area contributed by atoms with Crippen LogP contribution in [0.4, 0.5) is 11.4 Å². The summed E-state index contributed by atoms with van der Waals surface area (Å²) in [6.07, 6.45) is 0. The van der Waals surface area contributed by atoms with Crippen molar-refractivity contribution < 1.29 is 14.3 Å². The van der Waals surface area contributed by atoms with Crippen LogP contribution >= 0.6 is 23.8 Å². The van der Waals surface area contributed by atoms with Crippen LogP contribution in [-0.4, -0.2) is 55.1 Å². The van der Waals surface area contributed by atoms with Gasteiger partial charge in [-0.25, -0.2) is 0 Å². The van der Waals surface area contributed by atoms with Crippen LogP contribution in [0.5, 0.6) is 5.75 Å². The Hall–Kier alpha value is -3.62. The molecular formula is C27H27ClN4O3S. The van der Waals surface area contributed by atoms with Gasteiger partial charge >= 0.3 is 0 Å². The van der Waals surface area contributed by atoms with Crippen molar-refractivity contribution in [1.82, 2.24) is 10.2 Å². The number of nitrogens with zero attached hydrogens (tertiary/aromatic N) is 2.